The fourth-order valence-electron chi connectivity index (χ4n) is 1.19. The lowest BCUT2D eigenvalue weighted by Crippen LogP contribution is -1.97. The summed E-state index contributed by atoms with van der Waals surface area (Å²) in [5.41, 5.74) is 2.03. The fourth-order valence-corrected chi connectivity index (χ4v) is 1.19. The van der Waals surface area contributed by atoms with Crippen LogP contribution in [-0.2, 0) is 6.42 Å². The zero-order valence-corrected chi connectivity index (χ0v) is 7.39. The minimum atomic E-state index is -0.227. The number of halogens is 1. The molecule has 12 heavy (non-hydrogen) atoms. The van der Waals surface area contributed by atoms with Crippen molar-refractivity contribution in [2.45, 2.75) is 20.3 Å². The second-order valence-corrected chi connectivity index (χ2v) is 2.66. The Kier molecular flexibility index (Phi) is 2.58. The van der Waals surface area contributed by atoms with E-state index < -0.39 is 0 Å². The van der Waals surface area contributed by atoms with Crippen LogP contribution < -0.4 is 0 Å². The maximum Gasteiger partial charge on any atom is 0.134 e. The Hall–Kier alpha value is -1.18. The van der Waals surface area contributed by atoms with Crippen LogP contribution in [0.3, 0.4) is 0 Å². The van der Waals surface area contributed by atoms with Crippen molar-refractivity contribution < 1.29 is 4.39 Å². The van der Waals surface area contributed by atoms with Crippen LogP contribution in [0.5, 0.6) is 0 Å². The zero-order chi connectivity index (χ0) is 9.14. The first kappa shape index (κ1) is 8.91. The van der Waals surface area contributed by atoms with Gasteiger partial charge in [0.05, 0.1) is 5.69 Å². The summed E-state index contributed by atoms with van der Waals surface area (Å²) in [7, 11) is 0. The van der Waals surface area contributed by atoms with Crippen molar-refractivity contribution in [1.29, 1.82) is 0 Å². The number of aryl methyl sites for hydroxylation is 2. The lowest BCUT2D eigenvalue weighted by Gasteiger charge is -2.04. The molecule has 0 atom stereocenters. The molecule has 1 aromatic heterocycles. The zero-order valence-electron chi connectivity index (χ0n) is 7.39. The van der Waals surface area contributed by atoms with E-state index in [0.717, 1.165) is 17.8 Å². The molecule has 64 valence electrons. The molecule has 1 heterocycles. The van der Waals surface area contributed by atoms with E-state index in [1.807, 2.05) is 6.92 Å². The first-order valence-corrected chi connectivity index (χ1v) is 3.97. The maximum atomic E-state index is 13.2. The van der Waals surface area contributed by atoms with Gasteiger partial charge in [-0.3, -0.25) is 4.98 Å². The van der Waals surface area contributed by atoms with Crippen molar-refractivity contribution in [3.05, 3.63) is 35.4 Å². The molecule has 0 fully saturated rings. The topological polar surface area (TPSA) is 12.9 Å². The Labute approximate surface area is 72.0 Å². The summed E-state index contributed by atoms with van der Waals surface area (Å²) in [5, 5.41) is 0. The Morgan fingerprint density at radius 3 is 2.83 bits per heavy atom. The monoisotopic (exact) mass is 165 g/mol. The molecule has 0 unspecified atom stereocenters. The Balaban J connectivity index is 3.33. The van der Waals surface area contributed by atoms with Crippen LogP contribution in [0.1, 0.15) is 23.9 Å². The van der Waals surface area contributed by atoms with Crippen LogP contribution in [0.25, 0.3) is 6.08 Å². The highest BCUT2D eigenvalue weighted by Crippen LogP contribution is 2.14. The van der Waals surface area contributed by atoms with Crippen LogP contribution in [0.15, 0.2) is 12.6 Å². The molecule has 1 aromatic rings. The Bertz CT molecular complexity index is 305. The summed E-state index contributed by atoms with van der Waals surface area (Å²) >= 11 is 0. The second kappa shape index (κ2) is 3.48. The van der Waals surface area contributed by atoms with Gasteiger partial charge in [-0.25, -0.2) is 4.39 Å². The van der Waals surface area contributed by atoms with E-state index in [1.54, 1.807) is 6.92 Å². The smallest absolute Gasteiger partial charge is 0.134 e. The molecule has 0 spiro atoms. The molecular formula is C10H12FN. The molecule has 0 aliphatic rings. The molecule has 1 nitrogen and oxygen atoms in total. The number of rotatable bonds is 2. The van der Waals surface area contributed by atoms with E-state index in [9.17, 15) is 4.39 Å². The van der Waals surface area contributed by atoms with E-state index >= 15 is 0 Å². The van der Waals surface area contributed by atoms with Crippen molar-refractivity contribution in [3.63, 3.8) is 0 Å². The van der Waals surface area contributed by atoms with Crippen LogP contribution in [-0.4, -0.2) is 4.98 Å². The first-order chi connectivity index (χ1) is 5.69. The number of hydrogen-bond donors (Lipinski definition) is 0. The molecule has 0 saturated carbocycles. The number of nitrogens with zero attached hydrogens (tertiary/aromatic N) is 1. The molecule has 0 aliphatic heterocycles. The minimum Gasteiger partial charge on any atom is -0.257 e. The lowest BCUT2D eigenvalue weighted by molar-refractivity contribution is 0.617. The normalized spacial score (nSPS) is 9.92. The summed E-state index contributed by atoms with van der Waals surface area (Å²) < 4.78 is 13.2. The minimum absolute atomic E-state index is 0.227. The third-order valence-corrected chi connectivity index (χ3v) is 1.75. The quantitative estimate of drug-likeness (QED) is 0.656. The number of hydrogen-bond acceptors (Lipinski definition) is 1. The highest BCUT2D eigenvalue weighted by atomic mass is 19.1. The molecule has 0 N–H and O–H groups in total. The molecular weight excluding hydrogens is 153 g/mol. The maximum absolute atomic E-state index is 13.2. The largest absolute Gasteiger partial charge is 0.257 e. The van der Waals surface area contributed by atoms with Crippen LogP contribution in [0.2, 0.25) is 0 Å². The SMILES string of the molecule is C=Cc1c(F)cc(C)nc1CC. The predicted octanol–water partition coefficient (Wildman–Crippen LogP) is 2.73. The van der Waals surface area contributed by atoms with Gasteiger partial charge in [-0.15, -0.1) is 0 Å². The van der Waals surface area contributed by atoms with Gasteiger partial charge in [0.2, 0.25) is 0 Å². The third kappa shape index (κ3) is 1.52. The Morgan fingerprint density at radius 2 is 2.33 bits per heavy atom. The van der Waals surface area contributed by atoms with Crippen molar-refractivity contribution in [2.24, 2.45) is 0 Å². The van der Waals surface area contributed by atoms with Gasteiger partial charge in [-0.05, 0) is 19.4 Å². The summed E-state index contributed by atoms with van der Waals surface area (Å²) in [5.74, 6) is -0.227. The summed E-state index contributed by atoms with van der Waals surface area (Å²) in [6, 6.07) is 1.43. The van der Waals surface area contributed by atoms with Crippen LogP contribution in [0, 0.1) is 12.7 Å². The highest BCUT2D eigenvalue weighted by Gasteiger charge is 2.05. The molecule has 0 radical (unpaired) electrons. The standard InChI is InChI=1S/C10H12FN/c1-4-8-9(11)6-7(3)12-10(8)5-2/h4,6H,1,5H2,2-3H3. The van der Waals surface area contributed by atoms with Gasteiger partial charge in [0.25, 0.3) is 0 Å². The third-order valence-electron chi connectivity index (χ3n) is 1.75. The van der Waals surface area contributed by atoms with E-state index in [4.69, 9.17) is 0 Å². The molecule has 2 heteroatoms. The predicted molar refractivity (Wildman–Crippen MR) is 48.4 cm³/mol. The molecule has 0 saturated heterocycles. The van der Waals surface area contributed by atoms with Gasteiger partial charge in [0.1, 0.15) is 5.82 Å². The van der Waals surface area contributed by atoms with Gasteiger partial charge in [-0.1, -0.05) is 19.6 Å². The van der Waals surface area contributed by atoms with E-state index in [0.29, 0.717) is 5.56 Å². The molecule has 0 aliphatic carbocycles. The van der Waals surface area contributed by atoms with Crippen molar-refractivity contribution in [2.75, 3.05) is 0 Å². The highest BCUT2D eigenvalue weighted by molar-refractivity contribution is 5.50. The van der Waals surface area contributed by atoms with E-state index in [1.165, 1.54) is 12.1 Å². The number of aromatic nitrogens is 1. The van der Waals surface area contributed by atoms with Crippen molar-refractivity contribution >= 4 is 6.08 Å². The first-order valence-electron chi connectivity index (χ1n) is 3.97. The van der Waals surface area contributed by atoms with Gasteiger partial charge in [-0.2, -0.15) is 0 Å². The average molecular weight is 165 g/mol. The lowest BCUT2D eigenvalue weighted by atomic mass is 10.1. The number of pyridine rings is 1. The summed E-state index contributed by atoms with van der Waals surface area (Å²) in [6.07, 6.45) is 2.25. The van der Waals surface area contributed by atoms with E-state index in [-0.39, 0.29) is 5.82 Å². The van der Waals surface area contributed by atoms with Crippen LogP contribution >= 0.6 is 0 Å². The summed E-state index contributed by atoms with van der Waals surface area (Å²) in [6.45, 7) is 7.29. The van der Waals surface area contributed by atoms with Gasteiger partial charge in [0, 0.05) is 11.3 Å². The van der Waals surface area contributed by atoms with Crippen molar-refractivity contribution in [3.8, 4) is 0 Å². The molecule has 0 bridgehead atoms. The van der Waals surface area contributed by atoms with Crippen molar-refractivity contribution in [1.82, 2.24) is 4.98 Å². The van der Waals surface area contributed by atoms with Gasteiger partial charge in [0.15, 0.2) is 0 Å². The van der Waals surface area contributed by atoms with Crippen LogP contribution in [0.4, 0.5) is 4.39 Å². The average Bonchev–Trinajstić information content (AvgIpc) is 2.03. The molecule has 0 aromatic carbocycles. The van der Waals surface area contributed by atoms with Gasteiger partial charge >= 0.3 is 0 Å². The second-order valence-electron chi connectivity index (χ2n) is 2.66. The molecule has 1 rings (SSSR count). The fraction of sp³-hybridized carbons (Fsp3) is 0.300. The molecule has 0 amide bonds. The Morgan fingerprint density at radius 1 is 1.67 bits per heavy atom. The van der Waals surface area contributed by atoms with Gasteiger partial charge < -0.3 is 0 Å². The summed E-state index contributed by atoms with van der Waals surface area (Å²) in [4.78, 5) is 4.21. The van der Waals surface area contributed by atoms with E-state index in [2.05, 4.69) is 11.6 Å².